The van der Waals surface area contributed by atoms with E-state index in [-0.39, 0.29) is 12.0 Å². The number of nitrogens with two attached hydrogens (primary N) is 1. The SMILES string of the molecule is COC1CN(C(=O)C2(N)CCCCC2)CCC1C. The van der Waals surface area contributed by atoms with Gasteiger partial charge < -0.3 is 15.4 Å². The van der Waals surface area contributed by atoms with Crippen LogP contribution in [0.3, 0.4) is 0 Å². The van der Waals surface area contributed by atoms with Gasteiger partial charge in [0.05, 0.1) is 11.6 Å². The molecule has 1 saturated heterocycles. The van der Waals surface area contributed by atoms with Crippen molar-refractivity contribution in [3.63, 3.8) is 0 Å². The summed E-state index contributed by atoms with van der Waals surface area (Å²) in [5.41, 5.74) is 5.72. The van der Waals surface area contributed by atoms with Gasteiger partial charge in [-0.3, -0.25) is 4.79 Å². The summed E-state index contributed by atoms with van der Waals surface area (Å²) in [7, 11) is 1.73. The van der Waals surface area contributed by atoms with Gasteiger partial charge in [-0.25, -0.2) is 0 Å². The van der Waals surface area contributed by atoms with Crippen LogP contribution < -0.4 is 5.73 Å². The lowest BCUT2D eigenvalue weighted by Crippen LogP contribution is -2.59. The van der Waals surface area contributed by atoms with Gasteiger partial charge in [0.2, 0.25) is 5.91 Å². The minimum atomic E-state index is -0.600. The number of methoxy groups -OCH3 is 1. The van der Waals surface area contributed by atoms with Crippen LogP contribution in [0.4, 0.5) is 0 Å². The Labute approximate surface area is 110 Å². The molecule has 2 rings (SSSR count). The van der Waals surface area contributed by atoms with Crippen LogP contribution in [0.15, 0.2) is 0 Å². The van der Waals surface area contributed by atoms with Gasteiger partial charge in [0, 0.05) is 20.2 Å². The van der Waals surface area contributed by atoms with Gasteiger partial charge in [-0.05, 0) is 25.2 Å². The Hall–Kier alpha value is -0.610. The number of amides is 1. The summed E-state index contributed by atoms with van der Waals surface area (Å²) < 4.78 is 5.47. The molecule has 1 aliphatic carbocycles. The highest BCUT2D eigenvalue weighted by atomic mass is 16.5. The molecule has 0 radical (unpaired) electrons. The normalized spacial score (nSPS) is 32.3. The second-order valence-electron chi connectivity index (χ2n) is 6.01. The fraction of sp³-hybridized carbons (Fsp3) is 0.929. The van der Waals surface area contributed by atoms with Crippen LogP contribution in [0.2, 0.25) is 0 Å². The van der Waals surface area contributed by atoms with Crippen LogP contribution in [0, 0.1) is 5.92 Å². The number of hydrogen-bond acceptors (Lipinski definition) is 3. The number of hydrogen-bond donors (Lipinski definition) is 1. The molecule has 4 heteroatoms. The predicted octanol–water partition coefficient (Wildman–Crippen LogP) is 1.53. The van der Waals surface area contributed by atoms with Crippen molar-refractivity contribution in [2.75, 3.05) is 20.2 Å². The Morgan fingerprint density at radius 3 is 2.61 bits per heavy atom. The van der Waals surface area contributed by atoms with Gasteiger partial charge in [0.1, 0.15) is 0 Å². The molecule has 4 nitrogen and oxygen atoms in total. The van der Waals surface area contributed by atoms with Crippen molar-refractivity contribution in [2.24, 2.45) is 11.7 Å². The van der Waals surface area contributed by atoms with Gasteiger partial charge >= 0.3 is 0 Å². The molecule has 2 aliphatic rings. The van der Waals surface area contributed by atoms with Gasteiger partial charge in [-0.15, -0.1) is 0 Å². The molecule has 2 N–H and O–H groups in total. The van der Waals surface area contributed by atoms with Crippen molar-refractivity contribution >= 4 is 5.91 Å². The quantitative estimate of drug-likeness (QED) is 0.813. The van der Waals surface area contributed by atoms with Crippen molar-refractivity contribution in [1.29, 1.82) is 0 Å². The summed E-state index contributed by atoms with van der Waals surface area (Å²) in [6.07, 6.45) is 6.24. The maximum atomic E-state index is 12.6. The highest BCUT2D eigenvalue weighted by molar-refractivity contribution is 5.86. The number of carbonyl (C=O) groups is 1. The third-order valence-corrected chi connectivity index (χ3v) is 4.65. The average molecular weight is 254 g/mol. The van der Waals surface area contributed by atoms with Gasteiger partial charge in [-0.2, -0.15) is 0 Å². The molecule has 0 spiro atoms. The van der Waals surface area contributed by atoms with Crippen molar-refractivity contribution < 1.29 is 9.53 Å². The summed E-state index contributed by atoms with van der Waals surface area (Å²) in [6.45, 7) is 3.73. The van der Waals surface area contributed by atoms with Gasteiger partial charge in [0.25, 0.3) is 0 Å². The van der Waals surface area contributed by atoms with Crippen molar-refractivity contribution in [3.8, 4) is 0 Å². The van der Waals surface area contributed by atoms with Crippen LogP contribution in [0.5, 0.6) is 0 Å². The molecule has 2 fully saturated rings. The first kappa shape index (κ1) is 13.8. The molecular weight excluding hydrogens is 228 g/mol. The van der Waals surface area contributed by atoms with E-state index >= 15 is 0 Å². The molecular formula is C14H26N2O2. The number of piperidine rings is 1. The number of nitrogens with zero attached hydrogens (tertiary/aromatic N) is 1. The number of likely N-dealkylation sites (tertiary alicyclic amines) is 1. The minimum Gasteiger partial charge on any atom is -0.379 e. The molecule has 2 unspecified atom stereocenters. The smallest absolute Gasteiger partial charge is 0.242 e. The molecule has 2 atom stereocenters. The standard InChI is InChI=1S/C14H26N2O2/c1-11-6-9-16(10-12(11)18-2)13(17)14(15)7-4-3-5-8-14/h11-12H,3-10,15H2,1-2H3. The number of carbonyl (C=O) groups excluding carboxylic acids is 1. The zero-order valence-corrected chi connectivity index (χ0v) is 11.7. The lowest BCUT2D eigenvalue weighted by Gasteiger charge is -2.42. The average Bonchev–Trinajstić information content (AvgIpc) is 2.39. The Balaban J connectivity index is 2.00. The minimum absolute atomic E-state index is 0.149. The zero-order chi connectivity index (χ0) is 13.2. The first-order valence-corrected chi connectivity index (χ1v) is 7.18. The van der Waals surface area contributed by atoms with E-state index in [2.05, 4.69) is 6.92 Å². The maximum absolute atomic E-state index is 12.6. The molecule has 1 heterocycles. The Bertz CT molecular complexity index is 300. The van der Waals surface area contributed by atoms with Crippen LogP contribution in [-0.4, -0.2) is 42.6 Å². The summed E-state index contributed by atoms with van der Waals surface area (Å²) >= 11 is 0. The molecule has 1 saturated carbocycles. The first-order chi connectivity index (χ1) is 8.57. The molecule has 18 heavy (non-hydrogen) atoms. The third-order valence-electron chi connectivity index (χ3n) is 4.65. The van der Waals surface area contributed by atoms with E-state index in [0.29, 0.717) is 12.5 Å². The lowest BCUT2D eigenvalue weighted by molar-refractivity contribution is -0.143. The Morgan fingerprint density at radius 2 is 2.00 bits per heavy atom. The summed E-state index contributed by atoms with van der Waals surface area (Å²) in [5, 5.41) is 0. The second kappa shape index (κ2) is 5.57. The zero-order valence-electron chi connectivity index (χ0n) is 11.7. The van der Waals surface area contributed by atoms with Crippen molar-refractivity contribution in [3.05, 3.63) is 0 Å². The fourth-order valence-electron chi connectivity index (χ4n) is 3.24. The predicted molar refractivity (Wildman–Crippen MR) is 71.2 cm³/mol. The Morgan fingerprint density at radius 1 is 1.33 bits per heavy atom. The molecule has 0 aromatic heterocycles. The highest BCUT2D eigenvalue weighted by Crippen LogP contribution is 2.29. The van der Waals surface area contributed by atoms with E-state index in [1.54, 1.807) is 7.11 Å². The van der Waals surface area contributed by atoms with E-state index < -0.39 is 5.54 Å². The summed E-state index contributed by atoms with van der Waals surface area (Å²) in [6, 6.07) is 0. The Kier molecular flexibility index (Phi) is 4.28. The molecule has 1 aliphatic heterocycles. The van der Waals surface area contributed by atoms with Gasteiger partial charge in [-0.1, -0.05) is 26.2 Å². The topological polar surface area (TPSA) is 55.6 Å². The second-order valence-corrected chi connectivity index (χ2v) is 6.01. The molecule has 0 aromatic carbocycles. The van der Waals surface area contributed by atoms with Crippen molar-refractivity contribution in [2.45, 2.75) is 57.1 Å². The van der Waals surface area contributed by atoms with E-state index in [1.807, 2.05) is 4.90 Å². The van der Waals surface area contributed by atoms with Crippen LogP contribution in [-0.2, 0) is 9.53 Å². The highest BCUT2D eigenvalue weighted by Gasteiger charge is 2.40. The largest absolute Gasteiger partial charge is 0.379 e. The summed E-state index contributed by atoms with van der Waals surface area (Å²) in [5.74, 6) is 0.676. The maximum Gasteiger partial charge on any atom is 0.242 e. The van der Waals surface area contributed by atoms with Crippen LogP contribution in [0.25, 0.3) is 0 Å². The van der Waals surface area contributed by atoms with E-state index in [9.17, 15) is 4.79 Å². The molecule has 0 bridgehead atoms. The van der Waals surface area contributed by atoms with E-state index in [4.69, 9.17) is 10.5 Å². The monoisotopic (exact) mass is 254 g/mol. The lowest BCUT2D eigenvalue weighted by atomic mass is 9.81. The first-order valence-electron chi connectivity index (χ1n) is 7.18. The molecule has 1 amide bonds. The van der Waals surface area contributed by atoms with Crippen molar-refractivity contribution in [1.82, 2.24) is 4.90 Å². The van der Waals surface area contributed by atoms with E-state index in [0.717, 1.165) is 38.6 Å². The van der Waals surface area contributed by atoms with Gasteiger partial charge in [0.15, 0.2) is 0 Å². The van der Waals surface area contributed by atoms with Crippen LogP contribution in [0.1, 0.15) is 45.4 Å². The molecule has 0 aromatic rings. The van der Waals surface area contributed by atoms with Crippen LogP contribution >= 0.6 is 0 Å². The molecule has 104 valence electrons. The third kappa shape index (κ3) is 2.69. The number of ether oxygens (including phenoxy) is 1. The number of rotatable bonds is 2. The summed E-state index contributed by atoms with van der Waals surface area (Å²) in [4.78, 5) is 14.5. The van der Waals surface area contributed by atoms with E-state index in [1.165, 1.54) is 6.42 Å². The fourth-order valence-corrected chi connectivity index (χ4v) is 3.24.